The van der Waals surface area contributed by atoms with Crippen molar-refractivity contribution in [1.82, 2.24) is 29.9 Å². The molecule has 0 aliphatic heterocycles. The lowest BCUT2D eigenvalue weighted by atomic mass is 10.1. The third-order valence-corrected chi connectivity index (χ3v) is 13.5. The number of halogens is 2. The van der Waals surface area contributed by atoms with Gasteiger partial charge in [-0.25, -0.2) is 0 Å². The molecule has 350 valence electrons. The molecule has 0 spiro atoms. The zero-order chi connectivity index (χ0) is 49.2. The van der Waals surface area contributed by atoms with Crippen molar-refractivity contribution < 1.29 is 70.0 Å². The van der Waals surface area contributed by atoms with Crippen LogP contribution < -0.4 is 21.7 Å². The normalized spacial score (nSPS) is 12.8. The molecule has 2 aromatic heterocycles. The van der Waals surface area contributed by atoms with Crippen LogP contribution in [0.5, 0.6) is 5.75 Å². The van der Waals surface area contributed by atoms with Crippen molar-refractivity contribution in [2.45, 2.75) is 24.5 Å². The first kappa shape index (κ1) is 48.3. The third-order valence-electron chi connectivity index (χ3n) is 8.68. The number of nitrogens with two attached hydrogens (primary N) is 1. The maximum Gasteiger partial charge on any atom is 0.297 e. The Hall–Kier alpha value is -6.63. The number of aromatic nitrogens is 6. The largest absolute Gasteiger partial charge is 0.505 e. The third kappa shape index (κ3) is 10.5. The van der Waals surface area contributed by atoms with Crippen LogP contribution in [0.25, 0.3) is 21.5 Å². The number of phenols is 1. The lowest BCUT2D eigenvalue weighted by Gasteiger charge is -2.15. The van der Waals surface area contributed by atoms with E-state index in [-0.39, 0.29) is 28.6 Å². The van der Waals surface area contributed by atoms with E-state index in [1.807, 2.05) is 0 Å². The van der Waals surface area contributed by atoms with E-state index in [1.165, 1.54) is 0 Å². The van der Waals surface area contributed by atoms with E-state index in [9.17, 15) is 70.0 Å². The van der Waals surface area contributed by atoms with Crippen molar-refractivity contribution in [1.29, 1.82) is 0 Å². The van der Waals surface area contributed by atoms with Gasteiger partial charge in [0.1, 0.15) is 31.0 Å². The first-order chi connectivity index (χ1) is 31.0. The second kappa shape index (κ2) is 17.2. The molecule has 0 aliphatic carbocycles. The Kier molecular flexibility index (Phi) is 12.4. The van der Waals surface area contributed by atoms with Crippen molar-refractivity contribution in [3.05, 3.63) is 77.3 Å². The lowest BCUT2D eigenvalue weighted by Crippen LogP contribution is -2.08. The van der Waals surface area contributed by atoms with E-state index in [4.69, 9.17) is 28.9 Å². The van der Waals surface area contributed by atoms with Crippen molar-refractivity contribution in [3.8, 4) is 5.75 Å². The van der Waals surface area contributed by atoms with E-state index in [2.05, 4.69) is 56.1 Å². The van der Waals surface area contributed by atoms with E-state index in [0.29, 0.717) is 18.2 Å². The SMILES string of the molecule is Nc1nc(Cl)nc(Nc2cc(Nc3nc(Cl)nc(Nc4cc(S(=O)(=O)O)cc5cc(S(=O)(=O)O)c(N=Nc6ccc7c(S(=O)(=O)O)cccc7c6S(=O)(=O)O)c(O)c45)n3)ccc2S(=O)(=O)O)n1. The summed E-state index contributed by atoms with van der Waals surface area (Å²) in [5.74, 6) is -2.96. The highest BCUT2D eigenvalue weighted by Crippen LogP contribution is 2.46. The van der Waals surface area contributed by atoms with Gasteiger partial charge in [-0.05, 0) is 77.1 Å². The molecule has 28 nitrogen and oxygen atoms in total. The number of nitrogen functional groups attached to an aromatic ring is 1. The van der Waals surface area contributed by atoms with E-state index in [1.54, 1.807) is 0 Å². The fraction of sp³-hybridized carbons (Fsp3) is 0. The van der Waals surface area contributed by atoms with Crippen molar-refractivity contribution in [2.75, 3.05) is 21.7 Å². The van der Waals surface area contributed by atoms with Crippen LogP contribution in [0.15, 0.2) is 101 Å². The summed E-state index contributed by atoms with van der Waals surface area (Å²) in [6.45, 7) is 0. The number of azo groups is 1. The molecule has 0 saturated heterocycles. The maximum atomic E-state index is 12.7. The van der Waals surface area contributed by atoms with Crippen LogP contribution in [0.4, 0.5) is 52.2 Å². The molecule has 2 heterocycles. The maximum absolute atomic E-state index is 12.7. The van der Waals surface area contributed by atoms with Gasteiger partial charge in [0.2, 0.25) is 34.4 Å². The second-order valence-corrected chi connectivity index (χ2v) is 20.7. The van der Waals surface area contributed by atoms with Gasteiger partial charge in [-0.3, -0.25) is 22.8 Å². The molecule has 0 atom stereocenters. The van der Waals surface area contributed by atoms with Crippen LogP contribution in [-0.4, -0.2) is 99.9 Å². The molecular weight excluding hydrogens is 1040 g/mol. The van der Waals surface area contributed by atoms with E-state index < -0.39 is 137 Å². The standard InChI is InChI=1S/C32H22Cl2N12O16S5/c33-27-39-29(35)43-31(40-27)37-18-10-13(4-7-21(18)65(54,55)56)36-30-41-28(34)42-32(44-30)38-19-11-14(63(48,49)50)8-12-9-22(66(57,58)59)24(25(47)23(12)19)46-45-17-6-5-15-16(26(17)67(60,61)62)2-1-3-20(15)64(51,52)53/h1-11,47H,(H,48,49,50)(H,51,52,53)(H,54,55,56)(H,57,58,59)(H,60,61,62)(H3,35,37,39,40,43)(H2,36,38,41,42,44). The average Bonchev–Trinajstić information content (AvgIpc) is 3.17. The summed E-state index contributed by atoms with van der Waals surface area (Å²) in [5, 5.41) is 23.7. The summed E-state index contributed by atoms with van der Waals surface area (Å²) in [5.41, 5.74) is 2.67. The van der Waals surface area contributed by atoms with Gasteiger partial charge in [-0.1, -0.05) is 18.2 Å². The number of hydrogen-bond donors (Lipinski definition) is 10. The summed E-state index contributed by atoms with van der Waals surface area (Å²) >= 11 is 12.0. The van der Waals surface area contributed by atoms with Gasteiger partial charge in [0.15, 0.2) is 5.75 Å². The number of rotatable bonds is 13. The van der Waals surface area contributed by atoms with Gasteiger partial charge in [-0.2, -0.15) is 72.0 Å². The predicted molar refractivity (Wildman–Crippen MR) is 233 cm³/mol. The minimum absolute atomic E-state index is 0.0251. The molecule has 0 amide bonds. The fourth-order valence-corrected chi connectivity index (χ4v) is 9.84. The highest BCUT2D eigenvalue weighted by molar-refractivity contribution is 7.87. The zero-order valence-corrected chi connectivity index (χ0v) is 37.7. The predicted octanol–water partition coefficient (Wildman–Crippen LogP) is 4.84. The second-order valence-electron chi connectivity index (χ2n) is 13.1. The van der Waals surface area contributed by atoms with Crippen molar-refractivity contribution in [3.63, 3.8) is 0 Å². The molecule has 0 aliphatic rings. The van der Waals surface area contributed by atoms with Crippen LogP contribution in [-0.2, 0) is 50.6 Å². The molecule has 35 heteroatoms. The minimum Gasteiger partial charge on any atom is -0.505 e. The van der Waals surface area contributed by atoms with Crippen LogP contribution in [0, 0.1) is 0 Å². The number of aromatic hydroxyl groups is 1. The molecular formula is C32H22Cl2N12O16S5. The number of anilines is 7. The topological polar surface area (TPSA) is 456 Å². The summed E-state index contributed by atoms with van der Waals surface area (Å²) in [4.78, 5) is 18.2. The number of phenolic OH excluding ortho intramolecular Hbond substituents is 1. The number of nitrogens with zero attached hydrogens (tertiary/aromatic N) is 8. The highest BCUT2D eigenvalue weighted by atomic mass is 35.5. The monoisotopic (exact) mass is 1060 g/mol. The minimum atomic E-state index is -5.48. The van der Waals surface area contributed by atoms with Crippen LogP contribution in [0.2, 0.25) is 10.6 Å². The fourth-order valence-electron chi connectivity index (χ4n) is 6.15. The Balaban J connectivity index is 1.36. The molecule has 0 saturated carbocycles. The van der Waals surface area contributed by atoms with Crippen molar-refractivity contribution in [2.24, 2.45) is 10.2 Å². The molecule has 5 aromatic carbocycles. The van der Waals surface area contributed by atoms with Gasteiger partial charge in [0.05, 0.1) is 16.3 Å². The molecule has 0 radical (unpaired) electrons. The molecule has 11 N–H and O–H groups in total. The Morgan fingerprint density at radius 2 is 1.13 bits per heavy atom. The summed E-state index contributed by atoms with van der Waals surface area (Å²) in [7, 11) is -25.9. The Labute approximate surface area is 384 Å². The zero-order valence-electron chi connectivity index (χ0n) is 32.1. The van der Waals surface area contributed by atoms with Crippen molar-refractivity contribution >= 4 is 148 Å². The number of fused-ring (bicyclic) bond motifs is 2. The van der Waals surface area contributed by atoms with Gasteiger partial charge in [-0.15, -0.1) is 10.2 Å². The Morgan fingerprint density at radius 1 is 0.537 bits per heavy atom. The molecule has 7 rings (SSSR count). The van der Waals surface area contributed by atoms with Crippen LogP contribution in [0.1, 0.15) is 0 Å². The summed E-state index contributed by atoms with van der Waals surface area (Å²) in [6.07, 6.45) is 0. The first-order valence-corrected chi connectivity index (χ1v) is 25.2. The quantitative estimate of drug-likeness (QED) is 0.0545. The van der Waals surface area contributed by atoms with E-state index >= 15 is 0 Å². The number of nitrogens with one attached hydrogen (secondary N) is 3. The van der Waals surface area contributed by atoms with E-state index in [0.717, 1.165) is 48.5 Å². The Morgan fingerprint density at radius 3 is 1.73 bits per heavy atom. The summed E-state index contributed by atoms with van der Waals surface area (Å²) in [6, 6.07) is 9.75. The number of benzene rings is 5. The number of hydrogen-bond acceptors (Lipinski definition) is 23. The molecule has 67 heavy (non-hydrogen) atoms. The van der Waals surface area contributed by atoms with Gasteiger partial charge < -0.3 is 26.8 Å². The molecule has 0 unspecified atom stereocenters. The van der Waals surface area contributed by atoms with Gasteiger partial charge in [0, 0.05) is 21.8 Å². The molecule has 0 bridgehead atoms. The average molecular weight is 1060 g/mol. The Bertz CT molecular complexity index is 3870. The summed E-state index contributed by atoms with van der Waals surface area (Å²) < 4.78 is 174. The highest BCUT2D eigenvalue weighted by Gasteiger charge is 2.28. The van der Waals surface area contributed by atoms with Crippen LogP contribution in [0.3, 0.4) is 0 Å². The smallest absolute Gasteiger partial charge is 0.297 e. The first-order valence-electron chi connectivity index (χ1n) is 17.2. The molecule has 0 fully saturated rings. The van der Waals surface area contributed by atoms with Crippen LogP contribution >= 0.6 is 23.2 Å². The van der Waals surface area contributed by atoms with Gasteiger partial charge in [0.25, 0.3) is 50.6 Å². The molecule has 7 aromatic rings. The lowest BCUT2D eigenvalue weighted by molar-refractivity contribution is 0.472. The van der Waals surface area contributed by atoms with Gasteiger partial charge >= 0.3 is 0 Å².